The Hall–Kier alpha value is -4.33. The predicted molar refractivity (Wildman–Crippen MR) is 148 cm³/mol. The number of ether oxygens (including phenoxy) is 1. The Bertz CT molecular complexity index is 1670. The molecule has 4 aromatic rings. The van der Waals surface area contributed by atoms with Crippen molar-refractivity contribution in [3.63, 3.8) is 0 Å². The van der Waals surface area contributed by atoms with E-state index in [1.807, 2.05) is 13.8 Å². The zero-order valence-electron chi connectivity index (χ0n) is 23.8. The van der Waals surface area contributed by atoms with E-state index in [4.69, 9.17) is 4.74 Å². The van der Waals surface area contributed by atoms with Gasteiger partial charge in [0.05, 0.1) is 42.3 Å². The summed E-state index contributed by atoms with van der Waals surface area (Å²) in [5.74, 6) is 0.356. The molecular weight excluding hydrogens is 553 g/mol. The summed E-state index contributed by atoms with van der Waals surface area (Å²) >= 11 is 0. The fraction of sp³-hybridized carbons (Fsp3) is 0.429. The molecule has 0 bridgehead atoms. The summed E-state index contributed by atoms with van der Waals surface area (Å²) in [5, 5.41) is 14.8. The van der Waals surface area contributed by atoms with E-state index in [1.165, 1.54) is 22.4 Å². The minimum absolute atomic E-state index is 0.0288. The molecule has 1 fully saturated rings. The number of alkyl halides is 3. The summed E-state index contributed by atoms with van der Waals surface area (Å²) in [5.41, 5.74) is -0.587. The van der Waals surface area contributed by atoms with Crippen LogP contribution in [0.5, 0.6) is 0 Å². The second-order valence-electron chi connectivity index (χ2n) is 10.6. The van der Waals surface area contributed by atoms with Gasteiger partial charge >= 0.3 is 6.18 Å². The van der Waals surface area contributed by atoms with Crippen LogP contribution in [0.25, 0.3) is 10.9 Å². The van der Waals surface area contributed by atoms with Crippen LogP contribution in [0, 0.1) is 6.92 Å². The molecule has 1 aliphatic rings. The number of rotatable bonds is 6. The molecule has 1 N–H and O–H groups in total. The average molecular weight is 585 g/mol. The topological polar surface area (TPSA) is 120 Å². The van der Waals surface area contributed by atoms with Crippen molar-refractivity contribution >= 4 is 22.5 Å². The van der Waals surface area contributed by atoms with Gasteiger partial charge in [0.25, 0.3) is 11.5 Å². The van der Waals surface area contributed by atoms with E-state index in [2.05, 4.69) is 25.7 Å². The summed E-state index contributed by atoms with van der Waals surface area (Å²) in [4.78, 5) is 33.7. The number of halogens is 3. The van der Waals surface area contributed by atoms with Crippen LogP contribution in [-0.2, 0) is 24.5 Å². The number of nitrogens with zero attached hydrogens (tertiary/aromatic N) is 7. The number of hydrogen-bond acceptors (Lipinski definition) is 8. The highest BCUT2D eigenvalue weighted by Gasteiger charge is 2.36. The lowest BCUT2D eigenvalue weighted by Gasteiger charge is -2.35. The highest BCUT2D eigenvalue weighted by Crippen LogP contribution is 2.37. The van der Waals surface area contributed by atoms with Crippen LogP contribution >= 0.6 is 0 Å². The fourth-order valence-corrected chi connectivity index (χ4v) is 5.28. The van der Waals surface area contributed by atoms with Crippen molar-refractivity contribution in [2.75, 3.05) is 18.4 Å². The van der Waals surface area contributed by atoms with Gasteiger partial charge < -0.3 is 15.0 Å². The van der Waals surface area contributed by atoms with E-state index < -0.39 is 23.3 Å². The number of nitrogens with one attached hydrogen (secondary N) is 1. The summed E-state index contributed by atoms with van der Waals surface area (Å²) in [6.45, 7) is 7.87. The van der Waals surface area contributed by atoms with E-state index in [0.29, 0.717) is 24.3 Å². The molecule has 0 aliphatic carbocycles. The van der Waals surface area contributed by atoms with Gasteiger partial charge in [-0.05, 0) is 74.9 Å². The SMILES string of the molecule is Cc1nc2cc(C(F)(F)F)c(C(C)Nc3ccc(C(=O)N4CC(C)OC(C)C4)cc3)cc2c(=O)n1Cc1nnn(C)n1. The molecule has 2 aromatic carbocycles. The van der Waals surface area contributed by atoms with Gasteiger partial charge in [-0.1, -0.05) is 0 Å². The van der Waals surface area contributed by atoms with E-state index >= 15 is 0 Å². The first-order valence-corrected chi connectivity index (χ1v) is 13.5. The third-order valence-electron chi connectivity index (χ3n) is 7.16. The molecule has 3 unspecified atom stereocenters. The van der Waals surface area contributed by atoms with Crippen LogP contribution in [-0.4, -0.2) is 65.9 Å². The highest BCUT2D eigenvalue weighted by molar-refractivity contribution is 5.94. The van der Waals surface area contributed by atoms with Gasteiger partial charge in [-0.25, -0.2) is 4.98 Å². The Morgan fingerprint density at radius 3 is 2.40 bits per heavy atom. The first kappa shape index (κ1) is 29.2. The highest BCUT2D eigenvalue weighted by atomic mass is 19.4. The minimum Gasteiger partial charge on any atom is -0.379 e. The quantitative estimate of drug-likeness (QED) is 0.364. The molecule has 222 valence electrons. The average Bonchev–Trinajstić information content (AvgIpc) is 3.34. The first-order valence-electron chi connectivity index (χ1n) is 13.5. The number of amides is 1. The first-order chi connectivity index (χ1) is 19.8. The number of carbonyl (C=O) groups is 1. The number of aryl methyl sites for hydroxylation is 2. The second-order valence-corrected chi connectivity index (χ2v) is 10.6. The summed E-state index contributed by atoms with van der Waals surface area (Å²) in [7, 11) is 1.58. The number of aromatic nitrogens is 6. The maximum atomic E-state index is 14.2. The molecule has 42 heavy (non-hydrogen) atoms. The lowest BCUT2D eigenvalue weighted by Crippen LogP contribution is -2.48. The Kier molecular flexibility index (Phi) is 7.75. The van der Waals surface area contributed by atoms with Crippen LogP contribution in [0.3, 0.4) is 0 Å². The van der Waals surface area contributed by atoms with E-state index in [1.54, 1.807) is 43.1 Å². The molecule has 5 rings (SSSR count). The Morgan fingerprint density at radius 1 is 1.14 bits per heavy atom. The number of anilines is 1. The lowest BCUT2D eigenvalue weighted by molar-refractivity contribution is -0.138. The normalized spacial score (nSPS) is 18.3. The Morgan fingerprint density at radius 2 is 1.81 bits per heavy atom. The maximum absolute atomic E-state index is 14.2. The minimum atomic E-state index is -4.68. The van der Waals surface area contributed by atoms with Gasteiger partial charge in [0.2, 0.25) is 0 Å². The predicted octanol–water partition coefficient (Wildman–Crippen LogP) is 3.72. The number of benzene rings is 2. The molecular formula is C28H31F3N8O3. The zero-order chi connectivity index (χ0) is 30.3. The summed E-state index contributed by atoms with van der Waals surface area (Å²) in [6, 6.07) is 7.88. The van der Waals surface area contributed by atoms with Crippen LogP contribution in [0.15, 0.2) is 41.2 Å². The number of fused-ring (bicyclic) bond motifs is 1. The van der Waals surface area contributed by atoms with Crippen molar-refractivity contribution in [2.24, 2.45) is 7.05 Å². The molecule has 14 heteroatoms. The maximum Gasteiger partial charge on any atom is 0.416 e. The number of morpholine rings is 1. The Labute approximate surface area is 239 Å². The lowest BCUT2D eigenvalue weighted by atomic mass is 9.98. The van der Waals surface area contributed by atoms with Crippen LogP contribution in [0.1, 0.15) is 59.9 Å². The van der Waals surface area contributed by atoms with Gasteiger partial charge in [0.1, 0.15) is 5.82 Å². The van der Waals surface area contributed by atoms with E-state index in [9.17, 15) is 22.8 Å². The van der Waals surface area contributed by atoms with Crippen molar-refractivity contribution < 1.29 is 22.7 Å². The van der Waals surface area contributed by atoms with Crippen molar-refractivity contribution in [1.29, 1.82) is 0 Å². The van der Waals surface area contributed by atoms with Gasteiger partial charge in [-0.3, -0.25) is 14.2 Å². The molecule has 1 amide bonds. The molecule has 1 aliphatic heterocycles. The van der Waals surface area contributed by atoms with Crippen LogP contribution in [0.4, 0.5) is 18.9 Å². The molecule has 0 saturated carbocycles. The van der Waals surface area contributed by atoms with Gasteiger partial charge in [0.15, 0.2) is 5.82 Å². The van der Waals surface area contributed by atoms with Crippen molar-refractivity contribution in [3.05, 3.63) is 75.1 Å². The van der Waals surface area contributed by atoms with Gasteiger partial charge in [-0.15, -0.1) is 10.2 Å². The zero-order valence-corrected chi connectivity index (χ0v) is 23.8. The van der Waals surface area contributed by atoms with Gasteiger partial charge in [-0.2, -0.15) is 18.0 Å². The van der Waals surface area contributed by atoms with E-state index in [-0.39, 0.29) is 52.8 Å². The van der Waals surface area contributed by atoms with Crippen molar-refractivity contribution in [1.82, 2.24) is 34.7 Å². The molecule has 1 saturated heterocycles. The molecule has 2 aromatic heterocycles. The van der Waals surface area contributed by atoms with Gasteiger partial charge in [0, 0.05) is 30.4 Å². The van der Waals surface area contributed by atoms with E-state index in [0.717, 1.165) is 6.07 Å². The summed E-state index contributed by atoms with van der Waals surface area (Å²) in [6.07, 6.45) is -4.83. The fourth-order valence-electron chi connectivity index (χ4n) is 5.28. The number of tetrazole rings is 1. The number of hydrogen-bond donors (Lipinski definition) is 1. The van der Waals surface area contributed by atoms with Crippen molar-refractivity contribution in [2.45, 2.75) is 58.7 Å². The molecule has 0 spiro atoms. The summed E-state index contributed by atoms with van der Waals surface area (Å²) < 4.78 is 49.6. The molecule has 3 atom stereocenters. The third-order valence-corrected chi connectivity index (χ3v) is 7.16. The monoisotopic (exact) mass is 584 g/mol. The smallest absolute Gasteiger partial charge is 0.379 e. The molecule has 0 radical (unpaired) electrons. The standard InChI is InChI=1S/C28H31F3N8O3/c1-15-12-38(13-16(2)42-15)26(40)19-6-8-20(9-7-19)32-17(3)21-10-22-24(11-23(21)28(29,30)31)33-18(4)39(27(22)41)14-25-34-36-37(5)35-25/h6-11,15-17,32H,12-14H2,1-5H3. The van der Waals surface area contributed by atoms with Crippen molar-refractivity contribution in [3.8, 4) is 0 Å². The molecule has 3 heterocycles. The largest absolute Gasteiger partial charge is 0.416 e. The Balaban J connectivity index is 1.44. The molecule has 11 nitrogen and oxygen atoms in total. The number of carbonyl (C=O) groups excluding carboxylic acids is 1. The van der Waals surface area contributed by atoms with Crippen LogP contribution in [0.2, 0.25) is 0 Å². The third kappa shape index (κ3) is 5.98. The second kappa shape index (κ2) is 11.2. The van der Waals surface area contributed by atoms with Crippen LogP contribution < -0.4 is 10.9 Å².